The van der Waals surface area contributed by atoms with E-state index in [1.807, 2.05) is 4.90 Å². The van der Waals surface area contributed by atoms with E-state index in [4.69, 9.17) is 0 Å². The van der Waals surface area contributed by atoms with Gasteiger partial charge in [-0.1, -0.05) is 0 Å². The number of nitrogens with zero attached hydrogens (tertiary/aromatic N) is 2. The Balaban J connectivity index is 1.45. The smallest absolute Gasteiger partial charge is 0.239 e. The van der Waals surface area contributed by atoms with Crippen molar-refractivity contribution < 1.29 is 18.4 Å². The zero-order valence-corrected chi connectivity index (χ0v) is 14.0. The van der Waals surface area contributed by atoms with E-state index in [-0.39, 0.29) is 24.3 Å². The Bertz CT molecular complexity index is 644. The Hall–Kier alpha value is -1.83. The second kappa shape index (κ2) is 7.38. The molecule has 2 aliphatic rings. The lowest BCUT2D eigenvalue weighted by Crippen LogP contribution is -2.40. The van der Waals surface area contributed by atoms with Gasteiger partial charge in [-0.05, 0) is 24.5 Å². The topological polar surface area (TPSA) is 52.7 Å². The highest BCUT2D eigenvalue weighted by Gasteiger charge is 2.26. The highest BCUT2D eigenvalue weighted by Crippen LogP contribution is 2.25. The summed E-state index contributed by atoms with van der Waals surface area (Å²) in [7, 11) is 0. The second-order valence-corrected chi connectivity index (χ2v) is 7.03. The zero-order chi connectivity index (χ0) is 17.1. The summed E-state index contributed by atoms with van der Waals surface area (Å²) in [5.74, 6) is -0.587. The SMILES string of the molecule is O=C(CN1CSCC1=O)NCC1CCN(c2ccc(F)c(F)c2)C1. The largest absolute Gasteiger partial charge is 0.371 e. The molecule has 1 N–H and O–H groups in total. The molecule has 3 rings (SSSR count). The molecule has 2 fully saturated rings. The molecule has 1 unspecified atom stereocenters. The molecule has 1 aromatic rings. The van der Waals surface area contributed by atoms with Crippen molar-refractivity contribution in [3.63, 3.8) is 0 Å². The molecule has 1 aromatic carbocycles. The summed E-state index contributed by atoms with van der Waals surface area (Å²) in [6, 6.07) is 3.90. The first-order valence-electron chi connectivity index (χ1n) is 7.85. The Morgan fingerprint density at radius 1 is 1.33 bits per heavy atom. The predicted molar refractivity (Wildman–Crippen MR) is 88.7 cm³/mol. The van der Waals surface area contributed by atoms with Crippen molar-refractivity contribution in [2.24, 2.45) is 5.92 Å². The van der Waals surface area contributed by atoms with Crippen molar-refractivity contribution >= 4 is 29.3 Å². The maximum Gasteiger partial charge on any atom is 0.239 e. The van der Waals surface area contributed by atoms with Crippen molar-refractivity contribution in [3.05, 3.63) is 29.8 Å². The van der Waals surface area contributed by atoms with Crippen LogP contribution >= 0.6 is 11.8 Å². The highest BCUT2D eigenvalue weighted by atomic mass is 32.2. The van der Waals surface area contributed by atoms with E-state index in [0.717, 1.165) is 19.0 Å². The quantitative estimate of drug-likeness (QED) is 0.869. The maximum absolute atomic E-state index is 13.3. The van der Waals surface area contributed by atoms with Gasteiger partial charge in [0.25, 0.3) is 0 Å². The summed E-state index contributed by atoms with van der Waals surface area (Å²) < 4.78 is 26.3. The predicted octanol–water partition coefficient (Wildman–Crippen LogP) is 1.44. The second-order valence-electron chi connectivity index (χ2n) is 6.07. The Kier molecular flexibility index (Phi) is 5.23. The number of hydrogen-bond donors (Lipinski definition) is 1. The number of rotatable bonds is 5. The Labute approximate surface area is 143 Å². The first-order valence-corrected chi connectivity index (χ1v) is 9.00. The van der Waals surface area contributed by atoms with Crippen LogP contribution in [-0.4, -0.2) is 54.5 Å². The molecule has 24 heavy (non-hydrogen) atoms. The van der Waals surface area contributed by atoms with Crippen LogP contribution in [0.5, 0.6) is 0 Å². The molecule has 2 amide bonds. The van der Waals surface area contributed by atoms with Crippen LogP contribution in [0.25, 0.3) is 0 Å². The molecule has 5 nitrogen and oxygen atoms in total. The van der Waals surface area contributed by atoms with Gasteiger partial charge in [0.15, 0.2) is 11.6 Å². The van der Waals surface area contributed by atoms with E-state index >= 15 is 0 Å². The highest BCUT2D eigenvalue weighted by molar-refractivity contribution is 8.00. The molecule has 1 atom stereocenters. The fourth-order valence-electron chi connectivity index (χ4n) is 2.94. The first kappa shape index (κ1) is 17.0. The van der Waals surface area contributed by atoms with Crippen LogP contribution in [0.4, 0.5) is 14.5 Å². The number of carbonyl (C=O) groups excluding carboxylic acids is 2. The van der Waals surface area contributed by atoms with Crippen molar-refractivity contribution in [1.29, 1.82) is 0 Å². The van der Waals surface area contributed by atoms with Gasteiger partial charge in [0.05, 0.1) is 11.6 Å². The lowest BCUT2D eigenvalue weighted by molar-refractivity contribution is -0.132. The molecule has 0 spiro atoms. The van der Waals surface area contributed by atoms with Crippen molar-refractivity contribution in [1.82, 2.24) is 10.2 Å². The molecule has 0 bridgehead atoms. The number of thioether (sulfide) groups is 1. The van der Waals surface area contributed by atoms with Crippen LogP contribution in [0.1, 0.15) is 6.42 Å². The third-order valence-electron chi connectivity index (χ3n) is 4.30. The number of carbonyl (C=O) groups is 2. The first-order chi connectivity index (χ1) is 11.5. The minimum absolute atomic E-state index is 0.000489. The zero-order valence-electron chi connectivity index (χ0n) is 13.1. The fraction of sp³-hybridized carbons (Fsp3) is 0.500. The lowest BCUT2D eigenvalue weighted by Gasteiger charge is -2.19. The van der Waals surface area contributed by atoms with Gasteiger partial charge in [0.2, 0.25) is 11.8 Å². The monoisotopic (exact) mass is 355 g/mol. The number of halogens is 2. The summed E-state index contributed by atoms with van der Waals surface area (Å²) >= 11 is 1.51. The average Bonchev–Trinajstić information content (AvgIpc) is 3.18. The van der Waals surface area contributed by atoms with Gasteiger partial charge in [-0.15, -0.1) is 11.8 Å². The number of benzene rings is 1. The van der Waals surface area contributed by atoms with E-state index < -0.39 is 11.6 Å². The summed E-state index contributed by atoms with van der Waals surface area (Å²) in [6.07, 6.45) is 0.873. The van der Waals surface area contributed by atoms with Crippen molar-refractivity contribution in [2.75, 3.05) is 42.7 Å². The number of hydrogen-bond acceptors (Lipinski definition) is 4. The Morgan fingerprint density at radius 2 is 2.17 bits per heavy atom. The van der Waals surface area contributed by atoms with Crippen LogP contribution in [0.15, 0.2) is 18.2 Å². The number of amides is 2. The van der Waals surface area contributed by atoms with Gasteiger partial charge in [0, 0.05) is 31.4 Å². The van der Waals surface area contributed by atoms with Crippen LogP contribution in [0.3, 0.4) is 0 Å². The van der Waals surface area contributed by atoms with Gasteiger partial charge in [0.1, 0.15) is 6.54 Å². The van der Waals surface area contributed by atoms with Crippen molar-refractivity contribution in [2.45, 2.75) is 6.42 Å². The molecule has 0 aliphatic carbocycles. The molecule has 0 saturated carbocycles. The molecule has 2 aliphatic heterocycles. The van der Waals surface area contributed by atoms with E-state index in [2.05, 4.69) is 5.32 Å². The number of nitrogens with one attached hydrogen (secondary N) is 1. The minimum atomic E-state index is -0.851. The lowest BCUT2D eigenvalue weighted by atomic mass is 10.1. The molecule has 130 valence electrons. The standard InChI is InChI=1S/C16H19F2N3O2S/c17-13-2-1-12(5-14(13)18)20-4-3-11(7-20)6-19-15(22)8-21-10-24-9-16(21)23/h1-2,5,11H,3-4,6-10H2,(H,19,22). The van der Waals surface area contributed by atoms with E-state index in [1.54, 1.807) is 11.0 Å². The van der Waals surface area contributed by atoms with Crippen molar-refractivity contribution in [3.8, 4) is 0 Å². The third kappa shape index (κ3) is 3.98. The fourth-order valence-corrected chi connectivity index (χ4v) is 3.85. The number of anilines is 1. The maximum atomic E-state index is 13.3. The van der Waals surface area contributed by atoms with E-state index in [1.165, 1.54) is 17.8 Å². The van der Waals surface area contributed by atoms with Gasteiger partial charge >= 0.3 is 0 Å². The molecule has 8 heteroatoms. The van der Waals surface area contributed by atoms with Gasteiger partial charge < -0.3 is 15.1 Å². The van der Waals surface area contributed by atoms with Crippen LogP contribution in [0, 0.1) is 17.6 Å². The van der Waals surface area contributed by atoms with Crippen LogP contribution in [0.2, 0.25) is 0 Å². The molecular formula is C16H19F2N3O2S. The van der Waals surface area contributed by atoms with E-state index in [9.17, 15) is 18.4 Å². The van der Waals surface area contributed by atoms with Gasteiger partial charge in [-0.3, -0.25) is 9.59 Å². The summed E-state index contributed by atoms with van der Waals surface area (Å²) in [4.78, 5) is 26.9. The third-order valence-corrected chi connectivity index (χ3v) is 5.25. The summed E-state index contributed by atoms with van der Waals surface area (Å²) in [5.41, 5.74) is 0.655. The molecule has 2 saturated heterocycles. The minimum Gasteiger partial charge on any atom is -0.371 e. The van der Waals surface area contributed by atoms with Gasteiger partial charge in [-0.25, -0.2) is 8.78 Å². The molecular weight excluding hydrogens is 336 g/mol. The normalized spacial score (nSPS) is 20.8. The Morgan fingerprint density at radius 3 is 2.88 bits per heavy atom. The summed E-state index contributed by atoms with van der Waals surface area (Å²) in [5, 5.41) is 2.86. The van der Waals surface area contributed by atoms with Crippen LogP contribution in [-0.2, 0) is 9.59 Å². The molecule has 2 heterocycles. The molecule has 0 radical (unpaired) electrons. The van der Waals surface area contributed by atoms with E-state index in [0.29, 0.717) is 30.4 Å². The summed E-state index contributed by atoms with van der Waals surface area (Å²) in [6.45, 7) is 2.05. The van der Waals surface area contributed by atoms with Gasteiger partial charge in [-0.2, -0.15) is 0 Å². The van der Waals surface area contributed by atoms with Crippen LogP contribution < -0.4 is 10.2 Å². The average molecular weight is 355 g/mol. The molecule has 0 aromatic heterocycles.